The highest BCUT2D eigenvalue weighted by atomic mass is 16.5. The van der Waals surface area contributed by atoms with Crippen LogP contribution in [0.1, 0.15) is 57.6 Å². The number of para-hydroxylation sites is 1. The molecular formula is C22H29NO3. The Bertz CT molecular complexity index is 727. The zero-order valence-electron chi connectivity index (χ0n) is 16.5. The second-order valence-electron chi connectivity index (χ2n) is 7.05. The summed E-state index contributed by atoms with van der Waals surface area (Å²) in [5, 5.41) is 3.10. The third-order valence-corrected chi connectivity index (χ3v) is 4.34. The van der Waals surface area contributed by atoms with Crippen LogP contribution in [0.4, 0.5) is 5.69 Å². The van der Waals surface area contributed by atoms with Crippen LogP contribution in [-0.2, 0) is 4.79 Å². The maximum Gasteiger partial charge on any atom is 0.265 e. The van der Waals surface area contributed by atoms with E-state index in [4.69, 9.17) is 9.47 Å². The fraction of sp³-hybridized carbons (Fsp3) is 0.409. The van der Waals surface area contributed by atoms with Crippen molar-refractivity contribution in [2.24, 2.45) is 0 Å². The van der Waals surface area contributed by atoms with Crippen molar-refractivity contribution >= 4 is 11.6 Å². The van der Waals surface area contributed by atoms with Gasteiger partial charge in [-0.3, -0.25) is 4.79 Å². The molecule has 0 aliphatic carbocycles. The molecule has 0 aliphatic rings. The van der Waals surface area contributed by atoms with Crippen molar-refractivity contribution in [3.63, 3.8) is 0 Å². The minimum atomic E-state index is -0.623. The Morgan fingerprint density at radius 3 is 1.96 bits per heavy atom. The number of ether oxygens (including phenoxy) is 2. The van der Waals surface area contributed by atoms with Crippen LogP contribution in [0.25, 0.3) is 0 Å². The molecule has 2 aromatic carbocycles. The molecule has 0 heterocycles. The van der Waals surface area contributed by atoms with E-state index in [1.54, 1.807) is 20.1 Å². The number of anilines is 1. The summed E-state index contributed by atoms with van der Waals surface area (Å²) in [7, 11) is 1.60. The van der Waals surface area contributed by atoms with Crippen molar-refractivity contribution in [1.82, 2.24) is 0 Å². The van der Waals surface area contributed by atoms with E-state index in [0.29, 0.717) is 23.3 Å². The lowest BCUT2D eigenvalue weighted by Crippen LogP contribution is -2.31. The summed E-state index contributed by atoms with van der Waals surface area (Å²) in [6.07, 6.45) is -0.623. The van der Waals surface area contributed by atoms with Crippen LogP contribution in [0, 0.1) is 0 Å². The van der Waals surface area contributed by atoms with Crippen molar-refractivity contribution in [1.29, 1.82) is 0 Å². The number of benzene rings is 2. The Hall–Kier alpha value is -2.49. The molecule has 1 N–H and O–H groups in total. The molecule has 1 unspecified atom stereocenters. The lowest BCUT2D eigenvalue weighted by molar-refractivity contribution is -0.122. The molecule has 140 valence electrons. The van der Waals surface area contributed by atoms with Crippen LogP contribution in [0.3, 0.4) is 0 Å². The highest BCUT2D eigenvalue weighted by molar-refractivity contribution is 5.95. The average Bonchev–Trinajstić information content (AvgIpc) is 2.61. The van der Waals surface area contributed by atoms with Crippen LogP contribution in [-0.4, -0.2) is 19.1 Å². The fourth-order valence-corrected chi connectivity index (χ4v) is 2.85. The van der Waals surface area contributed by atoms with Gasteiger partial charge < -0.3 is 14.8 Å². The molecule has 0 aliphatic heterocycles. The molecule has 0 saturated heterocycles. The van der Waals surface area contributed by atoms with Crippen molar-refractivity contribution in [3.8, 4) is 11.5 Å². The first-order valence-electron chi connectivity index (χ1n) is 9.07. The monoisotopic (exact) mass is 355 g/mol. The number of hydrogen-bond acceptors (Lipinski definition) is 3. The number of carbonyl (C=O) groups excluding carboxylic acids is 1. The first-order chi connectivity index (χ1) is 12.3. The Kier molecular flexibility index (Phi) is 6.67. The molecular weight excluding hydrogens is 326 g/mol. The third-order valence-electron chi connectivity index (χ3n) is 4.34. The lowest BCUT2D eigenvalue weighted by atomic mass is 9.92. The van der Waals surface area contributed by atoms with Crippen molar-refractivity contribution in [2.75, 3.05) is 12.4 Å². The van der Waals surface area contributed by atoms with Gasteiger partial charge >= 0.3 is 0 Å². The molecule has 0 saturated carbocycles. The third kappa shape index (κ3) is 4.78. The summed E-state index contributed by atoms with van der Waals surface area (Å²) < 4.78 is 11.0. The molecule has 0 fully saturated rings. The molecule has 2 rings (SSSR count). The molecule has 26 heavy (non-hydrogen) atoms. The van der Waals surface area contributed by atoms with Crippen LogP contribution < -0.4 is 14.8 Å². The molecule has 4 nitrogen and oxygen atoms in total. The first kappa shape index (κ1) is 19.8. The molecule has 0 spiro atoms. The number of carbonyl (C=O) groups is 1. The van der Waals surface area contributed by atoms with E-state index in [1.807, 2.05) is 18.2 Å². The van der Waals surface area contributed by atoms with Gasteiger partial charge in [0.15, 0.2) is 6.10 Å². The molecule has 0 aromatic heterocycles. The quantitative estimate of drug-likeness (QED) is 0.728. The lowest BCUT2D eigenvalue weighted by Gasteiger charge is -2.22. The molecule has 2 aromatic rings. The molecule has 1 amide bonds. The molecule has 0 radical (unpaired) electrons. The normalized spacial score (nSPS) is 12.2. The number of rotatable bonds is 7. The van der Waals surface area contributed by atoms with Gasteiger partial charge in [0.25, 0.3) is 5.91 Å². The summed E-state index contributed by atoms with van der Waals surface area (Å²) >= 11 is 0. The van der Waals surface area contributed by atoms with Crippen LogP contribution in [0.2, 0.25) is 0 Å². The van der Waals surface area contributed by atoms with Crippen molar-refractivity contribution in [2.45, 2.75) is 52.6 Å². The van der Waals surface area contributed by atoms with Gasteiger partial charge in [-0.1, -0.05) is 52.0 Å². The van der Waals surface area contributed by atoms with Gasteiger partial charge in [-0.2, -0.15) is 0 Å². The summed E-state index contributed by atoms with van der Waals surface area (Å²) in [6.45, 7) is 10.3. The van der Waals surface area contributed by atoms with Crippen LogP contribution in [0.15, 0.2) is 42.5 Å². The summed E-state index contributed by atoms with van der Waals surface area (Å²) in [6, 6.07) is 13.4. The van der Waals surface area contributed by atoms with Crippen molar-refractivity contribution < 1.29 is 14.3 Å². The second-order valence-corrected chi connectivity index (χ2v) is 7.05. The zero-order chi connectivity index (χ0) is 19.3. The van der Waals surface area contributed by atoms with Gasteiger partial charge in [-0.15, -0.1) is 0 Å². The van der Waals surface area contributed by atoms with Gasteiger partial charge in [0.2, 0.25) is 0 Å². The van der Waals surface area contributed by atoms with Gasteiger partial charge in [0, 0.05) is 11.8 Å². The van der Waals surface area contributed by atoms with Gasteiger partial charge in [0.05, 0.1) is 7.11 Å². The molecule has 1 atom stereocenters. The van der Waals surface area contributed by atoms with Crippen LogP contribution >= 0.6 is 0 Å². The predicted octanol–water partition coefficient (Wildman–Crippen LogP) is 5.35. The number of amides is 1. The number of methoxy groups -OCH3 is 1. The predicted molar refractivity (Wildman–Crippen MR) is 106 cm³/mol. The van der Waals surface area contributed by atoms with Crippen LogP contribution in [0.5, 0.6) is 11.5 Å². The van der Waals surface area contributed by atoms with Gasteiger partial charge in [0.1, 0.15) is 11.5 Å². The Morgan fingerprint density at radius 2 is 1.42 bits per heavy atom. The van der Waals surface area contributed by atoms with E-state index in [-0.39, 0.29) is 5.91 Å². The van der Waals surface area contributed by atoms with E-state index in [9.17, 15) is 4.79 Å². The van der Waals surface area contributed by atoms with Crippen molar-refractivity contribution in [3.05, 3.63) is 53.6 Å². The first-order valence-corrected chi connectivity index (χ1v) is 9.07. The average molecular weight is 355 g/mol. The number of nitrogens with one attached hydrogen (secondary N) is 1. The Labute approximate surface area is 156 Å². The molecule has 4 heteroatoms. The highest BCUT2D eigenvalue weighted by Crippen LogP contribution is 2.32. The van der Waals surface area contributed by atoms with Gasteiger partial charge in [-0.05, 0) is 42.0 Å². The van der Waals surface area contributed by atoms with E-state index >= 15 is 0 Å². The zero-order valence-corrected chi connectivity index (χ0v) is 16.5. The molecule has 0 bridgehead atoms. The Balaban J connectivity index is 2.20. The smallest absolute Gasteiger partial charge is 0.265 e. The van der Waals surface area contributed by atoms with E-state index < -0.39 is 6.10 Å². The summed E-state index contributed by atoms with van der Waals surface area (Å²) in [5.74, 6) is 1.77. The number of hydrogen-bond donors (Lipinski definition) is 1. The topological polar surface area (TPSA) is 47.6 Å². The SMILES string of the molecule is COc1cccc(OC(C)C(=O)Nc2c(C(C)C)cccc2C(C)C)c1. The van der Waals surface area contributed by atoms with Gasteiger partial charge in [-0.25, -0.2) is 0 Å². The standard InChI is InChI=1S/C22H29NO3/c1-14(2)19-11-8-12-20(15(3)4)21(19)23-22(24)16(5)26-18-10-7-9-17(13-18)25-6/h7-16H,1-6H3,(H,23,24). The minimum Gasteiger partial charge on any atom is -0.497 e. The largest absolute Gasteiger partial charge is 0.497 e. The fourth-order valence-electron chi connectivity index (χ4n) is 2.85. The van der Waals surface area contributed by atoms with E-state index in [0.717, 1.165) is 16.8 Å². The minimum absolute atomic E-state index is 0.164. The second kappa shape index (κ2) is 8.75. The van der Waals surface area contributed by atoms with E-state index in [2.05, 4.69) is 51.2 Å². The highest BCUT2D eigenvalue weighted by Gasteiger charge is 2.20. The van der Waals surface area contributed by atoms with E-state index in [1.165, 1.54) is 0 Å². The Morgan fingerprint density at radius 1 is 0.885 bits per heavy atom. The summed E-state index contributed by atoms with van der Waals surface area (Å²) in [4.78, 5) is 12.8. The maximum absolute atomic E-state index is 12.8. The maximum atomic E-state index is 12.8. The summed E-state index contributed by atoms with van der Waals surface area (Å²) in [5.41, 5.74) is 3.18.